The highest BCUT2D eigenvalue weighted by Crippen LogP contribution is 2.39. The SMILES string of the molecule is CC1CC1C(=O)Cc1nc2ccccc2n1C. The normalized spacial score (nSPS) is 22.9. The molecule has 0 N–H and O–H groups in total. The van der Waals surface area contributed by atoms with Crippen LogP contribution in [0.15, 0.2) is 24.3 Å². The molecule has 3 heteroatoms. The van der Waals surface area contributed by atoms with E-state index < -0.39 is 0 Å². The van der Waals surface area contributed by atoms with Gasteiger partial charge in [-0.05, 0) is 24.5 Å². The fraction of sp³-hybridized carbons (Fsp3) is 0.429. The molecule has 1 aliphatic carbocycles. The number of nitrogens with zero attached hydrogens (tertiary/aromatic N) is 2. The zero-order chi connectivity index (χ0) is 12.0. The molecule has 0 aliphatic heterocycles. The van der Waals surface area contributed by atoms with E-state index in [1.807, 2.05) is 35.9 Å². The maximum absolute atomic E-state index is 12.0. The Morgan fingerprint density at radius 3 is 2.82 bits per heavy atom. The van der Waals surface area contributed by atoms with E-state index >= 15 is 0 Å². The topological polar surface area (TPSA) is 34.9 Å². The molecule has 2 unspecified atom stereocenters. The van der Waals surface area contributed by atoms with E-state index in [1.165, 1.54) is 0 Å². The molecule has 1 aromatic carbocycles. The number of aromatic nitrogens is 2. The molecule has 2 aromatic rings. The number of ketones is 1. The molecule has 1 fully saturated rings. The lowest BCUT2D eigenvalue weighted by Gasteiger charge is -2.01. The number of carbonyl (C=O) groups is 1. The average Bonchev–Trinajstić information content (AvgIpc) is 2.97. The van der Waals surface area contributed by atoms with Crippen LogP contribution in [0.2, 0.25) is 0 Å². The minimum absolute atomic E-state index is 0.287. The Morgan fingerprint density at radius 1 is 1.47 bits per heavy atom. The van der Waals surface area contributed by atoms with Gasteiger partial charge in [0.2, 0.25) is 0 Å². The van der Waals surface area contributed by atoms with Crippen LogP contribution in [0.25, 0.3) is 11.0 Å². The Kier molecular flexibility index (Phi) is 2.28. The van der Waals surface area contributed by atoms with Gasteiger partial charge in [0.1, 0.15) is 11.6 Å². The summed E-state index contributed by atoms with van der Waals surface area (Å²) in [7, 11) is 1.98. The molecule has 17 heavy (non-hydrogen) atoms. The third-order valence-electron chi connectivity index (χ3n) is 3.74. The number of fused-ring (bicyclic) bond motifs is 1. The molecule has 0 radical (unpaired) electrons. The van der Waals surface area contributed by atoms with E-state index in [9.17, 15) is 4.79 Å². The maximum atomic E-state index is 12.0. The van der Waals surface area contributed by atoms with Gasteiger partial charge in [0, 0.05) is 13.0 Å². The molecular weight excluding hydrogens is 212 g/mol. The summed E-state index contributed by atoms with van der Waals surface area (Å²) in [5, 5.41) is 0. The summed E-state index contributed by atoms with van der Waals surface area (Å²) in [6, 6.07) is 8.00. The minimum Gasteiger partial charge on any atom is -0.331 e. The van der Waals surface area contributed by atoms with Crippen molar-refractivity contribution in [3.63, 3.8) is 0 Å². The Hall–Kier alpha value is -1.64. The molecule has 0 amide bonds. The van der Waals surface area contributed by atoms with Gasteiger partial charge in [-0.2, -0.15) is 0 Å². The van der Waals surface area contributed by atoms with Crippen LogP contribution in [0.1, 0.15) is 19.2 Å². The lowest BCUT2D eigenvalue weighted by atomic mass is 10.1. The van der Waals surface area contributed by atoms with Crippen molar-refractivity contribution in [2.45, 2.75) is 19.8 Å². The van der Waals surface area contributed by atoms with E-state index in [-0.39, 0.29) is 5.92 Å². The van der Waals surface area contributed by atoms with E-state index in [0.29, 0.717) is 18.1 Å². The number of rotatable bonds is 3. The average molecular weight is 228 g/mol. The Morgan fingerprint density at radius 2 is 2.18 bits per heavy atom. The van der Waals surface area contributed by atoms with Gasteiger partial charge >= 0.3 is 0 Å². The van der Waals surface area contributed by atoms with Crippen LogP contribution in [-0.2, 0) is 18.3 Å². The fourth-order valence-corrected chi connectivity index (χ4v) is 2.41. The summed E-state index contributed by atoms with van der Waals surface area (Å²) in [5.41, 5.74) is 2.07. The zero-order valence-electron chi connectivity index (χ0n) is 10.2. The lowest BCUT2D eigenvalue weighted by Crippen LogP contribution is -2.10. The second-order valence-electron chi connectivity index (χ2n) is 5.04. The highest BCUT2D eigenvalue weighted by molar-refractivity contribution is 5.86. The number of para-hydroxylation sites is 2. The van der Waals surface area contributed by atoms with Crippen molar-refractivity contribution in [2.75, 3.05) is 0 Å². The first-order chi connectivity index (χ1) is 8.16. The van der Waals surface area contributed by atoms with Gasteiger partial charge in [0.05, 0.1) is 17.5 Å². The highest BCUT2D eigenvalue weighted by Gasteiger charge is 2.38. The molecule has 3 rings (SSSR count). The summed E-state index contributed by atoms with van der Waals surface area (Å²) < 4.78 is 2.03. The van der Waals surface area contributed by atoms with Gasteiger partial charge in [-0.3, -0.25) is 4.79 Å². The Balaban J connectivity index is 1.90. The van der Waals surface area contributed by atoms with E-state index in [1.54, 1.807) is 0 Å². The van der Waals surface area contributed by atoms with Crippen molar-refractivity contribution in [1.82, 2.24) is 9.55 Å². The van der Waals surface area contributed by atoms with Crippen molar-refractivity contribution in [2.24, 2.45) is 18.9 Å². The van der Waals surface area contributed by atoms with Crippen LogP contribution in [0, 0.1) is 11.8 Å². The number of Topliss-reactive ketones (excluding diaryl/α,β-unsaturated/α-hetero) is 1. The van der Waals surface area contributed by atoms with Crippen molar-refractivity contribution >= 4 is 16.8 Å². The van der Waals surface area contributed by atoms with Crippen LogP contribution in [-0.4, -0.2) is 15.3 Å². The number of aryl methyl sites for hydroxylation is 1. The van der Waals surface area contributed by atoms with Crippen molar-refractivity contribution in [3.8, 4) is 0 Å². The fourth-order valence-electron chi connectivity index (χ4n) is 2.41. The summed E-state index contributed by atoms with van der Waals surface area (Å²) >= 11 is 0. The predicted molar refractivity (Wildman–Crippen MR) is 66.7 cm³/mol. The van der Waals surface area contributed by atoms with E-state index in [2.05, 4.69) is 11.9 Å². The molecule has 1 aliphatic rings. The van der Waals surface area contributed by atoms with Crippen LogP contribution in [0.5, 0.6) is 0 Å². The van der Waals surface area contributed by atoms with Crippen molar-refractivity contribution in [3.05, 3.63) is 30.1 Å². The summed E-state index contributed by atoms with van der Waals surface area (Å²) in [6.45, 7) is 2.14. The third-order valence-corrected chi connectivity index (χ3v) is 3.74. The highest BCUT2D eigenvalue weighted by atomic mass is 16.1. The van der Waals surface area contributed by atoms with Crippen molar-refractivity contribution in [1.29, 1.82) is 0 Å². The largest absolute Gasteiger partial charge is 0.331 e. The van der Waals surface area contributed by atoms with Crippen LogP contribution in [0.3, 0.4) is 0 Å². The lowest BCUT2D eigenvalue weighted by molar-refractivity contribution is -0.120. The molecular formula is C14H16N2O. The first kappa shape index (κ1) is 10.5. The van der Waals surface area contributed by atoms with E-state index in [0.717, 1.165) is 23.3 Å². The molecule has 2 atom stereocenters. The molecule has 88 valence electrons. The minimum atomic E-state index is 0.287. The second kappa shape index (κ2) is 3.69. The third kappa shape index (κ3) is 1.75. The predicted octanol–water partition coefficient (Wildman–Crippen LogP) is 2.34. The smallest absolute Gasteiger partial charge is 0.143 e. The van der Waals surface area contributed by atoms with Crippen LogP contribution >= 0.6 is 0 Å². The number of imidazole rings is 1. The van der Waals surface area contributed by atoms with Crippen LogP contribution in [0.4, 0.5) is 0 Å². The molecule has 1 heterocycles. The number of benzene rings is 1. The van der Waals surface area contributed by atoms with E-state index in [4.69, 9.17) is 0 Å². The molecule has 3 nitrogen and oxygen atoms in total. The number of hydrogen-bond donors (Lipinski definition) is 0. The van der Waals surface area contributed by atoms with Gasteiger partial charge in [0.15, 0.2) is 0 Å². The number of carbonyl (C=O) groups excluding carboxylic acids is 1. The monoisotopic (exact) mass is 228 g/mol. The quantitative estimate of drug-likeness (QED) is 0.808. The van der Waals surface area contributed by atoms with Gasteiger partial charge in [-0.25, -0.2) is 4.98 Å². The maximum Gasteiger partial charge on any atom is 0.143 e. The van der Waals surface area contributed by atoms with Gasteiger partial charge in [-0.15, -0.1) is 0 Å². The first-order valence-corrected chi connectivity index (χ1v) is 6.10. The molecule has 0 bridgehead atoms. The first-order valence-electron chi connectivity index (χ1n) is 6.10. The standard InChI is InChI=1S/C14H16N2O/c1-9-7-10(9)13(17)8-14-15-11-5-3-4-6-12(11)16(14)2/h3-6,9-10H,7-8H2,1-2H3. The second-order valence-corrected chi connectivity index (χ2v) is 5.04. The summed E-state index contributed by atoms with van der Waals surface area (Å²) in [6.07, 6.45) is 1.53. The van der Waals surface area contributed by atoms with Gasteiger partial charge in [0.25, 0.3) is 0 Å². The Labute approximate surface area is 100 Å². The Bertz CT molecular complexity index is 585. The van der Waals surface area contributed by atoms with Gasteiger partial charge in [-0.1, -0.05) is 19.1 Å². The van der Waals surface area contributed by atoms with Crippen LogP contribution < -0.4 is 0 Å². The molecule has 1 saturated carbocycles. The molecule has 0 saturated heterocycles. The summed E-state index contributed by atoms with van der Waals surface area (Å²) in [5.74, 6) is 2.10. The zero-order valence-corrected chi connectivity index (χ0v) is 10.2. The number of hydrogen-bond acceptors (Lipinski definition) is 2. The van der Waals surface area contributed by atoms with Crippen molar-refractivity contribution < 1.29 is 4.79 Å². The molecule has 1 aromatic heterocycles. The summed E-state index contributed by atoms with van der Waals surface area (Å²) in [4.78, 5) is 16.5. The molecule has 0 spiro atoms. The van der Waals surface area contributed by atoms with Gasteiger partial charge < -0.3 is 4.57 Å².